The van der Waals surface area contributed by atoms with Crippen molar-refractivity contribution in [1.82, 2.24) is 20.3 Å². The molecule has 1 atom stereocenters. The van der Waals surface area contributed by atoms with Crippen LogP contribution < -0.4 is 11.1 Å². The number of carbonyl (C=O) groups is 2. The molecule has 118 valence electrons. The summed E-state index contributed by atoms with van der Waals surface area (Å²) in [4.78, 5) is 23.5. The minimum absolute atomic E-state index is 0.00732. The van der Waals surface area contributed by atoms with E-state index in [-0.39, 0.29) is 24.2 Å². The maximum atomic E-state index is 12.0. The van der Waals surface area contributed by atoms with Gasteiger partial charge in [0.15, 0.2) is 5.69 Å². The Hall–Kier alpha value is -1.96. The second-order valence-electron chi connectivity index (χ2n) is 4.83. The maximum Gasteiger partial charge on any atom is 0.360 e. The van der Waals surface area contributed by atoms with E-state index >= 15 is 0 Å². The highest BCUT2D eigenvalue weighted by Crippen LogP contribution is 2.08. The summed E-state index contributed by atoms with van der Waals surface area (Å²) in [6.45, 7) is 4.34. The van der Waals surface area contributed by atoms with Crippen molar-refractivity contribution in [3.63, 3.8) is 0 Å². The summed E-state index contributed by atoms with van der Waals surface area (Å²) >= 11 is 0. The van der Waals surface area contributed by atoms with E-state index < -0.39 is 5.97 Å². The first-order valence-corrected chi connectivity index (χ1v) is 7.03. The Balaban J connectivity index is 2.80. The van der Waals surface area contributed by atoms with Gasteiger partial charge >= 0.3 is 5.97 Å². The van der Waals surface area contributed by atoms with E-state index in [0.29, 0.717) is 18.7 Å². The van der Waals surface area contributed by atoms with Gasteiger partial charge < -0.3 is 15.8 Å². The molecule has 0 fully saturated rings. The van der Waals surface area contributed by atoms with E-state index in [2.05, 4.69) is 27.3 Å². The van der Waals surface area contributed by atoms with E-state index in [0.717, 1.165) is 12.8 Å². The summed E-state index contributed by atoms with van der Waals surface area (Å²) in [6.07, 6.45) is 2.30. The largest absolute Gasteiger partial charge is 0.464 e. The first kappa shape index (κ1) is 17.1. The topological polar surface area (TPSA) is 112 Å². The van der Waals surface area contributed by atoms with Gasteiger partial charge in [-0.15, -0.1) is 5.10 Å². The number of hydrogen-bond donors (Lipinski definition) is 2. The van der Waals surface area contributed by atoms with Gasteiger partial charge in [0.1, 0.15) is 6.54 Å². The summed E-state index contributed by atoms with van der Waals surface area (Å²) in [5.41, 5.74) is 6.15. The Morgan fingerprint density at radius 2 is 2.19 bits per heavy atom. The third-order valence-electron chi connectivity index (χ3n) is 3.02. The van der Waals surface area contributed by atoms with Gasteiger partial charge in [0.05, 0.1) is 12.8 Å². The SMILES string of the molecule is CCCC(C)NC(=O)Cn1nnc(C(=O)OC)c1CCN. The van der Waals surface area contributed by atoms with Gasteiger partial charge in [-0.05, 0) is 19.9 Å². The fourth-order valence-electron chi connectivity index (χ4n) is 2.06. The summed E-state index contributed by atoms with van der Waals surface area (Å²) < 4.78 is 6.04. The predicted molar refractivity (Wildman–Crippen MR) is 76.6 cm³/mol. The minimum atomic E-state index is -0.579. The molecule has 0 aliphatic carbocycles. The van der Waals surface area contributed by atoms with Crippen LogP contribution >= 0.6 is 0 Å². The number of nitrogens with zero attached hydrogens (tertiary/aromatic N) is 3. The van der Waals surface area contributed by atoms with E-state index in [1.807, 2.05) is 6.92 Å². The first-order valence-electron chi connectivity index (χ1n) is 7.03. The second-order valence-corrected chi connectivity index (χ2v) is 4.83. The van der Waals surface area contributed by atoms with Gasteiger partial charge in [-0.25, -0.2) is 9.48 Å². The Kier molecular flexibility index (Phi) is 6.80. The molecular weight excluding hydrogens is 274 g/mol. The zero-order chi connectivity index (χ0) is 15.8. The molecule has 0 saturated carbocycles. The Morgan fingerprint density at radius 3 is 2.76 bits per heavy atom. The monoisotopic (exact) mass is 297 g/mol. The molecule has 3 N–H and O–H groups in total. The number of nitrogens with two attached hydrogens (primary N) is 1. The molecule has 8 heteroatoms. The molecule has 0 aromatic carbocycles. The third-order valence-corrected chi connectivity index (χ3v) is 3.02. The number of rotatable bonds is 8. The number of nitrogens with one attached hydrogen (secondary N) is 1. The van der Waals surface area contributed by atoms with Gasteiger partial charge in [0.2, 0.25) is 5.91 Å². The normalized spacial score (nSPS) is 12.0. The number of carbonyl (C=O) groups excluding carboxylic acids is 2. The van der Waals surface area contributed by atoms with Crippen LogP contribution in [0.2, 0.25) is 0 Å². The van der Waals surface area contributed by atoms with Crippen LogP contribution in [0.25, 0.3) is 0 Å². The molecule has 1 heterocycles. The van der Waals surface area contributed by atoms with E-state index in [1.54, 1.807) is 0 Å². The zero-order valence-corrected chi connectivity index (χ0v) is 12.8. The highest BCUT2D eigenvalue weighted by atomic mass is 16.5. The molecule has 1 aromatic heterocycles. The van der Waals surface area contributed by atoms with Crippen LogP contribution in [-0.2, 0) is 22.5 Å². The fraction of sp³-hybridized carbons (Fsp3) is 0.692. The lowest BCUT2D eigenvalue weighted by molar-refractivity contribution is -0.122. The van der Waals surface area contributed by atoms with Gasteiger partial charge in [0.25, 0.3) is 0 Å². The average molecular weight is 297 g/mol. The molecule has 0 spiro atoms. The molecule has 0 saturated heterocycles. The lowest BCUT2D eigenvalue weighted by atomic mass is 10.2. The smallest absolute Gasteiger partial charge is 0.360 e. The van der Waals surface area contributed by atoms with Crippen molar-refractivity contribution in [2.24, 2.45) is 5.73 Å². The van der Waals surface area contributed by atoms with Crippen molar-refractivity contribution in [3.8, 4) is 0 Å². The van der Waals surface area contributed by atoms with Crippen molar-refractivity contribution in [1.29, 1.82) is 0 Å². The average Bonchev–Trinajstić information content (AvgIpc) is 2.81. The summed E-state index contributed by atoms with van der Waals surface area (Å²) in [7, 11) is 1.27. The van der Waals surface area contributed by atoms with E-state index in [1.165, 1.54) is 11.8 Å². The van der Waals surface area contributed by atoms with Crippen LogP contribution in [0.15, 0.2) is 0 Å². The van der Waals surface area contributed by atoms with E-state index in [9.17, 15) is 9.59 Å². The van der Waals surface area contributed by atoms with Crippen LogP contribution in [0.1, 0.15) is 42.9 Å². The number of ether oxygens (including phenoxy) is 1. The van der Waals surface area contributed by atoms with Crippen LogP contribution in [0.3, 0.4) is 0 Å². The molecule has 8 nitrogen and oxygen atoms in total. The number of methoxy groups -OCH3 is 1. The fourth-order valence-corrected chi connectivity index (χ4v) is 2.06. The van der Waals surface area contributed by atoms with Crippen LogP contribution in [0.5, 0.6) is 0 Å². The van der Waals surface area contributed by atoms with Crippen LogP contribution in [0, 0.1) is 0 Å². The summed E-state index contributed by atoms with van der Waals surface area (Å²) in [6, 6.07) is 0.101. The molecular formula is C13H23N5O3. The summed E-state index contributed by atoms with van der Waals surface area (Å²) in [5.74, 6) is -0.750. The van der Waals surface area contributed by atoms with Gasteiger partial charge in [0, 0.05) is 12.5 Å². The molecule has 0 aliphatic rings. The molecule has 1 amide bonds. The van der Waals surface area contributed by atoms with E-state index in [4.69, 9.17) is 5.73 Å². The first-order chi connectivity index (χ1) is 10.0. The van der Waals surface area contributed by atoms with Crippen molar-refractivity contribution < 1.29 is 14.3 Å². The number of esters is 1. The minimum Gasteiger partial charge on any atom is -0.464 e. The molecule has 0 radical (unpaired) electrons. The Morgan fingerprint density at radius 1 is 1.48 bits per heavy atom. The number of aromatic nitrogens is 3. The molecule has 1 rings (SSSR count). The Labute approximate surface area is 124 Å². The highest BCUT2D eigenvalue weighted by molar-refractivity contribution is 5.88. The molecule has 0 aliphatic heterocycles. The zero-order valence-electron chi connectivity index (χ0n) is 12.8. The molecule has 21 heavy (non-hydrogen) atoms. The third kappa shape index (κ3) is 4.82. The lowest BCUT2D eigenvalue weighted by Crippen LogP contribution is -2.35. The molecule has 1 aromatic rings. The van der Waals surface area contributed by atoms with Crippen molar-refractivity contribution in [2.45, 2.75) is 45.7 Å². The highest BCUT2D eigenvalue weighted by Gasteiger charge is 2.21. The second kappa shape index (κ2) is 8.35. The molecule has 1 unspecified atom stereocenters. The van der Waals surface area contributed by atoms with Crippen molar-refractivity contribution >= 4 is 11.9 Å². The predicted octanol–water partition coefficient (Wildman–Crippen LogP) is -0.129. The number of hydrogen-bond acceptors (Lipinski definition) is 6. The van der Waals surface area contributed by atoms with Gasteiger partial charge in [-0.2, -0.15) is 0 Å². The van der Waals surface area contributed by atoms with Crippen LogP contribution in [0.4, 0.5) is 0 Å². The van der Waals surface area contributed by atoms with Crippen molar-refractivity contribution in [2.75, 3.05) is 13.7 Å². The Bertz CT molecular complexity index is 486. The number of amides is 1. The van der Waals surface area contributed by atoms with Gasteiger partial charge in [-0.3, -0.25) is 4.79 Å². The standard InChI is InChI=1S/C13H23N5O3/c1-4-5-9(2)15-11(19)8-18-10(6-7-14)12(16-17-18)13(20)21-3/h9H,4-8,14H2,1-3H3,(H,15,19). The van der Waals surface area contributed by atoms with Gasteiger partial charge in [-0.1, -0.05) is 18.6 Å². The maximum absolute atomic E-state index is 12.0. The van der Waals surface area contributed by atoms with Crippen LogP contribution in [-0.4, -0.2) is 46.6 Å². The lowest BCUT2D eigenvalue weighted by Gasteiger charge is -2.13. The summed E-state index contributed by atoms with van der Waals surface area (Å²) in [5, 5.41) is 10.5. The van der Waals surface area contributed by atoms with Crippen molar-refractivity contribution in [3.05, 3.63) is 11.4 Å². The quantitative estimate of drug-likeness (QED) is 0.646. The molecule has 0 bridgehead atoms.